The van der Waals surface area contributed by atoms with Crippen molar-refractivity contribution in [1.82, 2.24) is 0 Å². The second-order valence-electron chi connectivity index (χ2n) is 10.0. The van der Waals surface area contributed by atoms with E-state index in [1.165, 1.54) is 13.2 Å². The molecular weight excluding hydrogens is 496 g/mol. The normalized spacial score (nSPS) is 26.0. The van der Waals surface area contributed by atoms with Gasteiger partial charge in [-0.05, 0) is 30.4 Å². The molecule has 0 bridgehead atoms. The predicted octanol–water partition coefficient (Wildman–Crippen LogP) is 3.73. The molecule has 10 heteroatoms. The smallest absolute Gasteiger partial charge is 0.375 e. The van der Waals surface area contributed by atoms with Crippen molar-refractivity contribution in [2.24, 2.45) is 11.8 Å². The first-order valence-corrected chi connectivity index (χ1v) is 12.9. The van der Waals surface area contributed by atoms with Crippen molar-refractivity contribution < 1.29 is 47.6 Å². The Morgan fingerprint density at radius 1 is 1.05 bits per heavy atom. The number of hydrogen-bond donors (Lipinski definition) is 0. The number of carbonyl (C=O) groups is 4. The lowest BCUT2D eigenvalue weighted by Crippen LogP contribution is -2.47. The van der Waals surface area contributed by atoms with Gasteiger partial charge >= 0.3 is 17.9 Å². The lowest BCUT2D eigenvalue weighted by molar-refractivity contribution is -0.155. The summed E-state index contributed by atoms with van der Waals surface area (Å²) in [6.07, 6.45) is 3.53. The first-order valence-electron chi connectivity index (χ1n) is 12.9. The summed E-state index contributed by atoms with van der Waals surface area (Å²) < 4.78 is 33.2. The van der Waals surface area contributed by atoms with Gasteiger partial charge in [-0.25, -0.2) is 9.59 Å². The Bertz CT molecular complexity index is 1170. The summed E-state index contributed by atoms with van der Waals surface area (Å²) in [5.74, 6) is -2.54. The van der Waals surface area contributed by atoms with Gasteiger partial charge in [-0.3, -0.25) is 9.59 Å². The summed E-state index contributed by atoms with van der Waals surface area (Å²) in [6, 6.07) is 1.68. The van der Waals surface area contributed by atoms with Crippen molar-refractivity contribution in [3.8, 4) is 17.2 Å². The number of Topliss-reactive ketones (excluding diaryl/α,β-unsaturated/α-hetero) is 1. The highest BCUT2D eigenvalue weighted by atomic mass is 16.7. The summed E-state index contributed by atoms with van der Waals surface area (Å²) in [6.45, 7) is 5.61. The van der Waals surface area contributed by atoms with E-state index in [2.05, 4.69) is 6.92 Å². The third-order valence-electron chi connectivity index (χ3n) is 7.78. The number of unbranched alkanes of at least 4 members (excludes halogenated alkanes) is 2. The number of esters is 3. The van der Waals surface area contributed by atoms with Crippen molar-refractivity contribution in [1.29, 1.82) is 0 Å². The minimum absolute atomic E-state index is 0.0647. The van der Waals surface area contributed by atoms with Crippen LogP contribution in [0.15, 0.2) is 17.7 Å². The molecule has 3 aliphatic rings. The van der Waals surface area contributed by atoms with Gasteiger partial charge in [-0.1, -0.05) is 33.6 Å². The van der Waals surface area contributed by atoms with Crippen molar-refractivity contribution in [2.75, 3.05) is 27.6 Å². The van der Waals surface area contributed by atoms with Crippen LogP contribution < -0.4 is 14.2 Å². The van der Waals surface area contributed by atoms with Crippen molar-refractivity contribution in [3.05, 3.63) is 28.8 Å². The van der Waals surface area contributed by atoms with Gasteiger partial charge in [-0.2, -0.15) is 0 Å². The number of rotatable bonds is 8. The maximum Gasteiger partial charge on any atom is 0.375 e. The highest BCUT2D eigenvalue weighted by Gasteiger charge is 2.58. The van der Waals surface area contributed by atoms with Gasteiger partial charge in [0.05, 0.1) is 14.2 Å². The van der Waals surface area contributed by atoms with Gasteiger partial charge < -0.3 is 28.4 Å². The molecule has 0 spiro atoms. The standard InChI is InChI=1S/C28H34O10/c1-6-7-8-9-20(29)38-23-16(3)15(2)10-17(11-21(30)33-4)28(26(31)27(32)34-5)13-35-25-22(28)18(23)12-19-24(25)37-14-36-19/h11-12,15-16,23H,6-10,13-14H2,1-5H3/b17-11-/t15-,16+,23-,28+/m0/s1. The van der Waals surface area contributed by atoms with E-state index < -0.39 is 29.2 Å². The fourth-order valence-electron chi connectivity index (χ4n) is 5.49. The number of fused-ring (bicyclic) bond motifs is 2. The SMILES string of the molecule is CCCCCC(=O)O[C@@H]1c2cc3c(c4c2[C@@](C(=O)C(=O)OC)(CO4)/C(=C\C(=O)OC)C[C@H](C)[C@H]1C)OCO3. The summed E-state index contributed by atoms with van der Waals surface area (Å²) in [5.41, 5.74) is -0.574. The molecule has 0 N–H and O–H groups in total. The molecule has 0 radical (unpaired) electrons. The van der Waals surface area contributed by atoms with E-state index in [1.807, 2.05) is 13.8 Å². The fraction of sp³-hybridized carbons (Fsp3) is 0.571. The molecule has 38 heavy (non-hydrogen) atoms. The number of methoxy groups -OCH3 is 2. The molecule has 206 valence electrons. The fourth-order valence-corrected chi connectivity index (χ4v) is 5.49. The minimum Gasteiger partial charge on any atom is -0.487 e. The van der Waals surface area contributed by atoms with Crippen LogP contribution in [-0.2, 0) is 38.8 Å². The summed E-state index contributed by atoms with van der Waals surface area (Å²) >= 11 is 0. The lowest BCUT2D eigenvalue weighted by Gasteiger charge is -2.39. The van der Waals surface area contributed by atoms with Crippen LogP contribution >= 0.6 is 0 Å². The molecule has 1 aromatic carbocycles. The monoisotopic (exact) mass is 530 g/mol. The van der Waals surface area contributed by atoms with Crippen LogP contribution in [0.1, 0.15) is 70.1 Å². The highest BCUT2D eigenvalue weighted by molar-refractivity contribution is 6.38. The molecule has 0 saturated heterocycles. The second-order valence-corrected chi connectivity index (χ2v) is 10.0. The number of hydrogen-bond acceptors (Lipinski definition) is 10. The quantitative estimate of drug-likeness (QED) is 0.161. The van der Waals surface area contributed by atoms with Crippen LogP contribution in [0.4, 0.5) is 0 Å². The zero-order valence-electron chi connectivity index (χ0n) is 22.4. The Labute approximate surface area is 221 Å². The van der Waals surface area contributed by atoms with E-state index >= 15 is 0 Å². The van der Waals surface area contributed by atoms with E-state index in [0.29, 0.717) is 28.9 Å². The van der Waals surface area contributed by atoms with Crippen LogP contribution in [0.3, 0.4) is 0 Å². The van der Waals surface area contributed by atoms with Gasteiger partial charge in [0.25, 0.3) is 5.78 Å². The topological polar surface area (TPSA) is 124 Å². The van der Waals surface area contributed by atoms with Gasteiger partial charge in [0.1, 0.15) is 18.1 Å². The lowest BCUT2D eigenvalue weighted by atomic mass is 9.63. The number of ketones is 1. The van der Waals surface area contributed by atoms with Crippen LogP contribution in [-0.4, -0.2) is 51.3 Å². The molecule has 2 aliphatic heterocycles. The number of carbonyl (C=O) groups excluding carboxylic acids is 4. The van der Waals surface area contributed by atoms with Gasteiger partial charge in [0.15, 0.2) is 11.5 Å². The highest BCUT2D eigenvalue weighted by Crippen LogP contribution is 2.59. The van der Waals surface area contributed by atoms with Crippen molar-refractivity contribution in [3.63, 3.8) is 0 Å². The van der Waals surface area contributed by atoms with E-state index in [9.17, 15) is 19.2 Å². The first-order chi connectivity index (χ1) is 18.2. The molecule has 1 aromatic rings. The molecule has 0 unspecified atom stereocenters. The molecule has 2 heterocycles. The maximum absolute atomic E-state index is 13.9. The van der Waals surface area contributed by atoms with E-state index in [0.717, 1.165) is 20.0 Å². The van der Waals surface area contributed by atoms with Crippen LogP contribution in [0.2, 0.25) is 0 Å². The van der Waals surface area contributed by atoms with E-state index in [1.54, 1.807) is 6.07 Å². The Morgan fingerprint density at radius 2 is 1.82 bits per heavy atom. The Hall–Kier alpha value is -3.56. The molecular formula is C28H34O10. The van der Waals surface area contributed by atoms with Crippen LogP contribution in [0.25, 0.3) is 0 Å². The zero-order chi connectivity index (χ0) is 27.6. The number of ether oxygens (including phenoxy) is 6. The molecule has 10 nitrogen and oxygen atoms in total. The minimum atomic E-state index is -1.71. The van der Waals surface area contributed by atoms with Gasteiger partial charge in [0, 0.05) is 29.5 Å². The largest absolute Gasteiger partial charge is 0.487 e. The van der Waals surface area contributed by atoms with Crippen LogP contribution in [0, 0.1) is 11.8 Å². The van der Waals surface area contributed by atoms with Gasteiger partial charge in [-0.15, -0.1) is 0 Å². The molecule has 0 amide bonds. The van der Waals surface area contributed by atoms with Crippen molar-refractivity contribution in [2.45, 2.75) is 64.4 Å². The Morgan fingerprint density at radius 3 is 2.50 bits per heavy atom. The number of benzene rings is 1. The van der Waals surface area contributed by atoms with Crippen LogP contribution in [0.5, 0.6) is 17.2 Å². The average molecular weight is 531 g/mol. The summed E-state index contributed by atoms with van der Waals surface area (Å²) in [5, 5.41) is 0. The van der Waals surface area contributed by atoms with E-state index in [4.69, 9.17) is 28.4 Å². The molecule has 0 fully saturated rings. The third kappa shape index (κ3) is 4.61. The molecule has 0 saturated carbocycles. The molecule has 1 aliphatic carbocycles. The third-order valence-corrected chi connectivity index (χ3v) is 7.78. The van der Waals surface area contributed by atoms with E-state index in [-0.39, 0.29) is 55.5 Å². The summed E-state index contributed by atoms with van der Waals surface area (Å²) in [7, 11) is 2.35. The second kappa shape index (κ2) is 11.0. The molecule has 4 atom stereocenters. The average Bonchev–Trinajstić information content (AvgIpc) is 3.54. The van der Waals surface area contributed by atoms with Crippen molar-refractivity contribution >= 4 is 23.7 Å². The maximum atomic E-state index is 13.9. The van der Waals surface area contributed by atoms with Gasteiger partial charge in [0.2, 0.25) is 12.5 Å². The Balaban J connectivity index is 1.98. The zero-order valence-corrected chi connectivity index (χ0v) is 22.4. The predicted molar refractivity (Wildman–Crippen MR) is 133 cm³/mol. The molecule has 0 aromatic heterocycles. The summed E-state index contributed by atoms with van der Waals surface area (Å²) in [4.78, 5) is 52.1. The Kier molecular flexibility index (Phi) is 7.99. The first kappa shape index (κ1) is 27.5. The molecule has 4 rings (SSSR count).